The predicted molar refractivity (Wildman–Crippen MR) is 104 cm³/mol. The van der Waals surface area contributed by atoms with E-state index in [1.807, 2.05) is 46.0 Å². The second kappa shape index (κ2) is 6.65. The maximum atomic E-state index is 12.5. The minimum absolute atomic E-state index is 0.145. The summed E-state index contributed by atoms with van der Waals surface area (Å²) in [5.41, 5.74) is 1.92. The first kappa shape index (κ1) is 16.4. The fraction of sp³-hybridized carbons (Fsp3) is 0.278. The van der Waals surface area contributed by atoms with Crippen molar-refractivity contribution in [3.63, 3.8) is 0 Å². The zero-order valence-corrected chi connectivity index (χ0v) is 15.2. The zero-order chi connectivity index (χ0) is 17.4. The number of benzene rings is 1. The second-order valence-corrected chi connectivity index (χ2v) is 7.89. The maximum Gasteiger partial charge on any atom is 0.263 e. The molecule has 0 unspecified atom stereocenters. The van der Waals surface area contributed by atoms with Gasteiger partial charge in [-0.1, -0.05) is 42.2 Å². The largest absolute Gasteiger partial charge is 0.341 e. The fourth-order valence-corrected chi connectivity index (χ4v) is 4.33. The zero-order valence-electron chi connectivity index (χ0n) is 13.5. The van der Waals surface area contributed by atoms with E-state index < -0.39 is 0 Å². The Labute approximate surface area is 155 Å². The van der Waals surface area contributed by atoms with Gasteiger partial charge < -0.3 is 14.8 Å². The third-order valence-electron chi connectivity index (χ3n) is 4.51. The molecule has 2 fully saturated rings. The number of hydrogen-bond donors (Lipinski definition) is 1. The quantitative estimate of drug-likeness (QED) is 0.666. The number of thioether (sulfide) groups is 1. The summed E-state index contributed by atoms with van der Waals surface area (Å²) in [6.45, 7) is 2.02. The van der Waals surface area contributed by atoms with Crippen LogP contribution in [0.4, 0.5) is 0 Å². The Morgan fingerprint density at radius 1 is 1.28 bits per heavy atom. The lowest BCUT2D eigenvalue weighted by molar-refractivity contribution is -0.130. The van der Waals surface area contributed by atoms with Crippen LogP contribution in [0.1, 0.15) is 18.4 Å². The Balaban J connectivity index is 1.69. The van der Waals surface area contributed by atoms with Gasteiger partial charge in [-0.25, -0.2) is 0 Å². The van der Waals surface area contributed by atoms with Crippen molar-refractivity contribution in [1.29, 1.82) is 0 Å². The van der Waals surface area contributed by atoms with Gasteiger partial charge in [-0.15, -0.1) is 0 Å². The summed E-state index contributed by atoms with van der Waals surface area (Å²) >= 11 is 6.31. The summed E-state index contributed by atoms with van der Waals surface area (Å²) in [4.78, 5) is 26.9. The summed E-state index contributed by atoms with van der Waals surface area (Å²) in [5.74, 6) is -0.0217. The van der Waals surface area contributed by atoms with Gasteiger partial charge in [0, 0.05) is 35.8 Å². The molecule has 4 rings (SSSR count). The average Bonchev–Trinajstić information content (AvgIpc) is 3.30. The number of carbonyl (C=O) groups is 2. The van der Waals surface area contributed by atoms with Crippen molar-refractivity contribution in [3.8, 4) is 0 Å². The number of para-hydroxylation sites is 1. The van der Waals surface area contributed by atoms with E-state index in [0.717, 1.165) is 42.4 Å². The van der Waals surface area contributed by atoms with Crippen LogP contribution < -0.4 is 5.32 Å². The van der Waals surface area contributed by atoms with Crippen LogP contribution in [0.25, 0.3) is 17.0 Å². The standard InChI is InChI=1S/C18H17N3O2S2/c22-16(20-7-3-4-8-20)11-21-10-12(13-5-1-2-6-14(13)21)9-15-17(23)19-18(24)25-15/h1-2,5-6,9-10H,3-4,7-8,11H2,(H,19,23,24)/b15-9-. The third kappa shape index (κ3) is 3.21. The van der Waals surface area contributed by atoms with Gasteiger partial charge in [0.2, 0.25) is 5.91 Å². The average molecular weight is 371 g/mol. The number of fused-ring (bicyclic) bond motifs is 1. The molecular formula is C18H17N3O2S2. The lowest BCUT2D eigenvalue weighted by Crippen LogP contribution is -2.30. The van der Waals surface area contributed by atoms with E-state index in [9.17, 15) is 9.59 Å². The topological polar surface area (TPSA) is 54.3 Å². The molecule has 0 radical (unpaired) electrons. The number of amides is 2. The molecule has 1 N–H and O–H groups in total. The molecule has 0 bridgehead atoms. The molecule has 25 heavy (non-hydrogen) atoms. The highest BCUT2D eigenvalue weighted by atomic mass is 32.2. The minimum atomic E-state index is -0.167. The van der Waals surface area contributed by atoms with Gasteiger partial charge in [0.15, 0.2) is 0 Å². The monoisotopic (exact) mass is 371 g/mol. The number of nitrogens with one attached hydrogen (secondary N) is 1. The highest BCUT2D eigenvalue weighted by molar-refractivity contribution is 8.26. The van der Waals surface area contributed by atoms with E-state index in [1.165, 1.54) is 11.8 Å². The molecule has 0 aliphatic carbocycles. The highest BCUT2D eigenvalue weighted by Crippen LogP contribution is 2.30. The van der Waals surface area contributed by atoms with Crippen LogP contribution in [0.3, 0.4) is 0 Å². The molecule has 2 aromatic rings. The molecule has 2 aliphatic heterocycles. The van der Waals surface area contributed by atoms with Crippen molar-refractivity contribution in [3.05, 3.63) is 40.9 Å². The van der Waals surface area contributed by atoms with Gasteiger partial charge in [0.1, 0.15) is 10.9 Å². The number of aromatic nitrogens is 1. The number of hydrogen-bond acceptors (Lipinski definition) is 4. The number of carbonyl (C=O) groups excluding carboxylic acids is 2. The Kier molecular flexibility index (Phi) is 4.35. The van der Waals surface area contributed by atoms with Gasteiger partial charge >= 0.3 is 0 Å². The van der Waals surface area contributed by atoms with Crippen LogP contribution in [-0.4, -0.2) is 38.7 Å². The Hall–Kier alpha value is -2.12. The van der Waals surface area contributed by atoms with Crippen LogP contribution in [0.2, 0.25) is 0 Å². The van der Waals surface area contributed by atoms with Crippen LogP contribution in [0.15, 0.2) is 35.4 Å². The van der Waals surface area contributed by atoms with Crippen LogP contribution >= 0.6 is 24.0 Å². The first-order valence-electron chi connectivity index (χ1n) is 8.22. The molecule has 5 nitrogen and oxygen atoms in total. The van der Waals surface area contributed by atoms with Crippen LogP contribution in [0, 0.1) is 0 Å². The molecule has 128 valence electrons. The van der Waals surface area contributed by atoms with E-state index >= 15 is 0 Å². The molecule has 7 heteroatoms. The Bertz CT molecular complexity index is 910. The minimum Gasteiger partial charge on any atom is -0.341 e. The molecule has 2 aliphatic rings. The first-order chi connectivity index (χ1) is 12.1. The smallest absolute Gasteiger partial charge is 0.263 e. The fourth-order valence-electron chi connectivity index (χ4n) is 3.30. The summed E-state index contributed by atoms with van der Waals surface area (Å²) < 4.78 is 2.45. The normalized spacial score (nSPS) is 19.2. The molecule has 0 atom stereocenters. The number of thiocarbonyl (C=S) groups is 1. The van der Waals surface area contributed by atoms with Gasteiger partial charge in [-0.2, -0.15) is 0 Å². The Morgan fingerprint density at radius 3 is 2.76 bits per heavy atom. The van der Waals surface area contributed by atoms with Crippen molar-refractivity contribution >= 4 is 57.1 Å². The van der Waals surface area contributed by atoms with Crippen molar-refractivity contribution in [2.45, 2.75) is 19.4 Å². The molecule has 0 saturated carbocycles. The highest BCUT2D eigenvalue weighted by Gasteiger charge is 2.23. The molecule has 1 aromatic heterocycles. The number of likely N-dealkylation sites (tertiary alicyclic amines) is 1. The maximum absolute atomic E-state index is 12.5. The Morgan fingerprint density at radius 2 is 2.04 bits per heavy atom. The summed E-state index contributed by atoms with van der Waals surface area (Å²) in [5, 5.41) is 3.65. The van der Waals surface area contributed by atoms with Crippen molar-refractivity contribution in [2.75, 3.05) is 13.1 Å². The van der Waals surface area contributed by atoms with E-state index in [0.29, 0.717) is 15.8 Å². The summed E-state index contributed by atoms with van der Waals surface area (Å²) in [7, 11) is 0. The molecule has 3 heterocycles. The summed E-state index contributed by atoms with van der Waals surface area (Å²) in [6.07, 6.45) is 5.96. The van der Waals surface area contributed by atoms with Crippen molar-refractivity contribution in [1.82, 2.24) is 14.8 Å². The van der Waals surface area contributed by atoms with Gasteiger partial charge in [0.05, 0.1) is 4.91 Å². The molecular weight excluding hydrogens is 354 g/mol. The van der Waals surface area contributed by atoms with E-state index in [4.69, 9.17) is 12.2 Å². The lowest BCUT2D eigenvalue weighted by atomic mass is 10.1. The lowest BCUT2D eigenvalue weighted by Gasteiger charge is -2.15. The van der Waals surface area contributed by atoms with Crippen LogP contribution in [-0.2, 0) is 16.1 Å². The molecule has 2 amide bonds. The van der Waals surface area contributed by atoms with Gasteiger partial charge in [0.25, 0.3) is 5.91 Å². The summed E-state index contributed by atoms with van der Waals surface area (Å²) in [6, 6.07) is 7.93. The van der Waals surface area contributed by atoms with Gasteiger partial charge in [-0.3, -0.25) is 9.59 Å². The third-order valence-corrected chi connectivity index (χ3v) is 5.68. The molecule has 0 spiro atoms. The predicted octanol–water partition coefficient (Wildman–Crippen LogP) is 2.75. The van der Waals surface area contributed by atoms with Crippen molar-refractivity contribution in [2.24, 2.45) is 0 Å². The first-order valence-corrected chi connectivity index (χ1v) is 9.45. The molecule has 1 aromatic carbocycles. The van der Waals surface area contributed by atoms with E-state index in [-0.39, 0.29) is 11.8 Å². The molecule has 2 saturated heterocycles. The number of nitrogens with zero attached hydrogens (tertiary/aromatic N) is 2. The van der Waals surface area contributed by atoms with Crippen LogP contribution in [0.5, 0.6) is 0 Å². The SMILES string of the molecule is O=C1NC(=S)S/C1=C\c1cn(CC(=O)N2CCCC2)c2ccccc12. The van der Waals surface area contributed by atoms with Crippen molar-refractivity contribution < 1.29 is 9.59 Å². The van der Waals surface area contributed by atoms with E-state index in [1.54, 1.807) is 0 Å². The van der Waals surface area contributed by atoms with Gasteiger partial charge in [-0.05, 0) is 25.0 Å². The second-order valence-electron chi connectivity index (χ2n) is 6.17. The van der Waals surface area contributed by atoms with E-state index in [2.05, 4.69) is 5.32 Å². The number of rotatable bonds is 3.